The predicted octanol–water partition coefficient (Wildman–Crippen LogP) is 3.11. The van der Waals surface area contributed by atoms with Crippen molar-refractivity contribution in [2.75, 3.05) is 18.4 Å². The Balaban J connectivity index is 1.74. The Kier molecular flexibility index (Phi) is 3.23. The molecule has 2 aromatic rings. The van der Waals surface area contributed by atoms with Crippen LogP contribution in [0.1, 0.15) is 12.8 Å². The van der Waals surface area contributed by atoms with Crippen LogP contribution >= 0.6 is 0 Å². The number of nitrogens with one attached hydrogen (secondary N) is 1. The van der Waals surface area contributed by atoms with Crippen LogP contribution in [0.5, 0.6) is 0 Å². The summed E-state index contributed by atoms with van der Waals surface area (Å²) in [7, 11) is 0. The van der Waals surface area contributed by atoms with E-state index in [2.05, 4.69) is 5.32 Å². The lowest BCUT2D eigenvalue weighted by atomic mass is 10.2. The predicted molar refractivity (Wildman–Crippen MR) is 75.6 cm³/mol. The van der Waals surface area contributed by atoms with E-state index >= 15 is 0 Å². The first-order valence-electron chi connectivity index (χ1n) is 6.62. The largest absolute Gasteiger partial charge is 0.325 e. The highest BCUT2D eigenvalue weighted by Gasteiger charge is 2.17. The van der Waals surface area contributed by atoms with Crippen LogP contribution < -0.4 is 5.32 Å². The van der Waals surface area contributed by atoms with E-state index in [1.54, 1.807) is 0 Å². The molecule has 1 fully saturated rings. The molecule has 1 aromatic heterocycles. The molecule has 3 rings (SSSR count). The molecule has 98 valence electrons. The van der Waals surface area contributed by atoms with Crippen molar-refractivity contribution >= 4 is 11.7 Å². The van der Waals surface area contributed by atoms with Gasteiger partial charge in [-0.3, -0.25) is 0 Å². The lowest BCUT2D eigenvalue weighted by Crippen LogP contribution is -2.32. The van der Waals surface area contributed by atoms with Crippen LogP contribution in [0, 0.1) is 0 Å². The summed E-state index contributed by atoms with van der Waals surface area (Å²) in [5.74, 6) is 0. The quantitative estimate of drug-likeness (QED) is 0.879. The number of hydrogen-bond acceptors (Lipinski definition) is 1. The maximum atomic E-state index is 12.0. The molecule has 0 radical (unpaired) electrons. The van der Waals surface area contributed by atoms with Crippen LogP contribution in [-0.2, 0) is 0 Å². The Bertz CT molecular complexity index is 557. The van der Waals surface area contributed by atoms with Gasteiger partial charge in [-0.15, -0.1) is 0 Å². The number of carbonyl (C=O) groups is 1. The number of anilines is 1. The minimum atomic E-state index is 0.00200. The van der Waals surface area contributed by atoms with Crippen molar-refractivity contribution in [2.24, 2.45) is 0 Å². The first kappa shape index (κ1) is 11.8. The maximum Gasteiger partial charge on any atom is 0.321 e. The number of aromatic nitrogens is 1. The molecule has 2 amide bonds. The van der Waals surface area contributed by atoms with Gasteiger partial charge in [0.25, 0.3) is 0 Å². The molecule has 1 saturated heterocycles. The molecule has 0 aliphatic carbocycles. The molecule has 4 nitrogen and oxygen atoms in total. The number of amides is 2. The van der Waals surface area contributed by atoms with Gasteiger partial charge in [0.1, 0.15) is 0 Å². The van der Waals surface area contributed by atoms with E-state index in [4.69, 9.17) is 0 Å². The molecule has 1 aliphatic rings. The summed E-state index contributed by atoms with van der Waals surface area (Å²) in [6.45, 7) is 1.73. The van der Waals surface area contributed by atoms with E-state index in [0.717, 1.165) is 37.3 Å². The second-order valence-corrected chi connectivity index (χ2v) is 4.76. The van der Waals surface area contributed by atoms with Gasteiger partial charge >= 0.3 is 6.03 Å². The third-order valence-corrected chi connectivity index (χ3v) is 3.39. The second-order valence-electron chi connectivity index (χ2n) is 4.76. The minimum absolute atomic E-state index is 0.00200. The third kappa shape index (κ3) is 2.62. The van der Waals surface area contributed by atoms with Crippen LogP contribution in [0.2, 0.25) is 0 Å². The Morgan fingerprint density at radius 1 is 1.05 bits per heavy atom. The lowest BCUT2D eigenvalue weighted by Gasteiger charge is -2.16. The first-order chi connectivity index (χ1) is 9.33. The Hall–Kier alpha value is -2.23. The first-order valence-corrected chi connectivity index (χ1v) is 6.62. The summed E-state index contributed by atoms with van der Waals surface area (Å²) in [6.07, 6.45) is 6.19. The highest BCUT2D eigenvalue weighted by Crippen LogP contribution is 2.16. The molecule has 0 saturated carbocycles. The highest BCUT2D eigenvalue weighted by atomic mass is 16.2. The maximum absolute atomic E-state index is 12.0. The van der Waals surface area contributed by atoms with Gasteiger partial charge in [0.05, 0.1) is 0 Å². The van der Waals surface area contributed by atoms with Crippen molar-refractivity contribution in [3.63, 3.8) is 0 Å². The number of nitrogens with zero attached hydrogens (tertiary/aromatic N) is 2. The lowest BCUT2D eigenvalue weighted by molar-refractivity contribution is 0.222. The Morgan fingerprint density at radius 2 is 1.79 bits per heavy atom. The van der Waals surface area contributed by atoms with Crippen LogP contribution in [-0.4, -0.2) is 28.6 Å². The van der Waals surface area contributed by atoms with Crippen molar-refractivity contribution in [1.29, 1.82) is 0 Å². The molecule has 1 aliphatic heterocycles. The van der Waals surface area contributed by atoms with Gasteiger partial charge in [0.15, 0.2) is 0 Å². The number of urea groups is 1. The zero-order valence-corrected chi connectivity index (χ0v) is 10.7. The minimum Gasteiger partial charge on any atom is -0.325 e. The van der Waals surface area contributed by atoms with E-state index in [1.165, 1.54) is 0 Å². The summed E-state index contributed by atoms with van der Waals surface area (Å²) in [5, 5.41) is 2.96. The van der Waals surface area contributed by atoms with Gasteiger partial charge < -0.3 is 14.8 Å². The van der Waals surface area contributed by atoms with Crippen LogP contribution in [0.3, 0.4) is 0 Å². The van der Waals surface area contributed by atoms with E-state index < -0.39 is 0 Å². The molecule has 0 atom stereocenters. The van der Waals surface area contributed by atoms with E-state index in [0.29, 0.717) is 0 Å². The van der Waals surface area contributed by atoms with Crippen LogP contribution in [0.4, 0.5) is 10.5 Å². The van der Waals surface area contributed by atoms with Gasteiger partial charge in [0, 0.05) is 36.9 Å². The smallest absolute Gasteiger partial charge is 0.321 e. The SMILES string of the molecule is O=C(Nc1cccc(-n2cccc2)c1)N1CCCC1. The fourth-order valence-corrected chi connectivity index (χ4v) is 2.37. The zero-order chi connectivity index (χ0) is 13.1. The second kappa shape index (κ2) is 5.18. The summed E-state index contributed by atoms with van der Waals surface area (Å²) >= 11 is 0. The molecule has 0 spiro atoms. The molecular weight excluding hydrogens is 238 g/mol. The standard InChI is InChI=1S/C15H17N3O/c19-15(18-10-3-4-11-18)16-13-6-5-7-14(12-13)17-8-1-2-9-17/h1-2,5-9,12H,3-4,10-11H2,(H,16,19). The number of carbonyl (C=O) groups excluding carboxylic acids is 1. The van der Waals surface area contributed by atoms with E-state index in [9.17, 15) is 4.79 Å². The fourth-order valence-electron chi connectivity index (χ4n) is 2.37. The molecule has 0 bridgehead atoms. The molecule has 0 unspecified atom stereocenters. The van der Waals surface area contributed by atoms with Gasteiger partial charge in [-0.2, -0.15) is 0 Å². The van der Waals surface area contributed by atoms with Gasteiger partial charge in [-0.25, -0.2) is 4.79 Å². The number of rotatable bonds is 2. The monoisotopic (exact) mass is 255 g/mol. The van der Waals surface area contributed by atoms with Gasteiger partial charge in [0.2, 0.25) is 0 Å². The third-order valence-electron chi connectivity index (χ3n) is 3.39. The highest BCUT2D eigenvalue weighted by molar-refractivity contribution is 5.89. The van der Waals surface area contributed by atoms with Crippen molar-refractivity contribution in [2.45, 2.75) is 12.8 Å². The average molecular weight is 255 g/mol. The molecule has 1 aromatic carbocycles. The molecule has 1 N–H and O–H groups in total. The number of benzene rings is 1. The molecule has 4 heteroatoms. The fraction of sp³-hybridized carbons (Fsp3) is 0.267. The zero-order valence-electron chi connectivity index (χ0n) is 10.7. The molecule has 19 heavy (non-hydrogen) atoms. The normalized spacial score (nSPS) is 14.6. The van der Waals surface area contributed by atoms with Gasteiger partial charge in [-0.1, -0.05) is 6.07 Å². The van der Waals surface area contributed by atoms with E-state index in [-0.39, 0.29) is 6.03 Å². The number of likely N-dealkylation sites (tertiary alicyclic amines) is 1. The molecular formula is C15H17N3O. The summed E-state index contributed by atoms with van der Waals surface area (Å²) in [5.41, 5.74) is 1.88. The van der Waals surface area contributed by atoms with E-state index in [1.807, 2.05) is 58.3 Å². The topological polar surface area (TPSA) is 37.3 Å². The Morgan fingerprint density at radius 3 is 2.53 bits per heavy atom. The molecule has 2 heterocycles. The summed E-state index contributed by atoms with van der Waals surface area (Å²) < 4.78 is 2.02. The van der Waals surface area contributed by atoms with Crippen LogP contribution in [0.25, 0.3) is 5.69 Å². The average Bonchev–Trinajstić information content (AvgIpc) is 3.13. The number of hydrogen-bond donors (Lipinski definition) is 1. The Labute approximate surface area is 112 Å². The van der Waals surface area contributed by atoms with Crippen molar-refractivity contribution in [3.05, 3.63) is 48.8 Å². The van der Waals surface area contributed by atoms with Gasteiger partial charge in [-0.05, 0) is 43.2 Å². The van der Waals surface area contributed by atoms with Crippen molar-refractivity contribution in [3.8, 4) is 5.69 Å². The van der Waals surface area contributed by atoms with Crippen molar-refractivity contribution in [1.82, 2.24) is 9.47 Å². The van der Waals surface area contributed by atoms with Crippen LogP contribution in [0.15, 0.2) is 48.8 Å². The summed E-state index contributed by atoms with van der Waals surface area (Å²) in [6, 6.07) is 11.8. The van der Waals surface area contributed by atoms with Crippen molar-refractivity contribution < 1.29 is 4.79 Å². The summed E-state index contributed by atoms with van der Waals surface area (Å²) in [4.78, 5) is 13.9.